The summed E-state index contributed by atoms with van der Waals surface area (Å²) in [4.78, 5) is 10.7. The molecule has 0 saturated carbocycles. The van der Waals surface area contributed by atoms with Crippen molar-refractivity contribution in [3.8, 4) is 0 Å². The lowest BCUT2D eigenvalue weighted by Crippen LogP contribution is -2.41. The Hall–Kier alpha value is -1.42. The molecule has 4 heteroatoms. The van der Waals surface area contributed by atoms with Crippen LogP contribution in [0, 0.1) is 5.82 Å². The first-order valence-corrected chi connectivity index (χ1v) is 4.40. The molecule has 3 nitrogen and oxygen atoms in total. The van der Waals surface area contributed by atoms with Crippen LogP contribution in [0.2, 0.25) is 0 Å². The van der Waals surface area contributed by atoms with Gasteiger partial charge in [-0.1, -0.05) is 6.07 Å². The summed E-state index contributed by atoms with van der Waals surface area (Å²) in [5.41, 5.74) is 1.76. The van der Waals surface area contributed by atoms with Crippen molar-refractivity contribution in [2.24, 2.45) is 0 Å². The number of fused-ring (bicyclic) bond motifs is 1. The quantitative estimate of drug-likeness (QED) is 0.700. The van der Waals surface area contributed by atoms with Gasteiger partial charge in [-0.3, -0.25) is 4.79 Å². The Morgan fingerprint density at radius 3 is 3.00 bits per heavy atom. The Morgan fingerprint density at radius 1 is 1.50 bits per heavy atom. The highest BCUT2D eigenvalue weighted by molar-refractivity contribution is 5.74. The van der Waals surface area contributed by atoms with Crippen molar-refractivity contribution in [3.63, 3.8) is 0 Å². The number of halogens is 1. The largest absolute Gasteiger partial charge is 0.480 e. The van der Waals surface area contributed by atoms with Crippen LogP contribution < -0.4 is 5.32 Å². The smallest absolute Gasteiger partial charge is 0.321 e. The average molecular weight is 195 g/mol. The zero-order valence-electron chi connectivity index (χ0n) is 7.46. The Balaban J connectivity index is 2.27. The SMILES string of the molecule is O=C(O)[C@@H]1Cc2ccc(F)cc2CN1. The van der Waals surface area contributed by atoms with E-state index in [1.54, 1.807) is 6.07 Å². The van der Waals surface area contributed by atoms with Crippen molar-refractivity contribution in [3.05, 3.63) is 35.1 Å². The molecule has 1 aromatic rings. The van der Waals surface area contributed by atoms with E-state index in [1.165, 1.54) is 12.1 Å². The number of rotatable bonds is 1. The second-order valence-electron chi connectivity index (χ2n) is 3.39. The van der Waals surface area contributed by atoms with E-state index in [0.717, 1.165) is 11.1 Å². The fraction of sp³-hybridized carbons (Fsp3) is 0.300. The maximum absolute atomic E-state index is 12.8. The highest BCUT2D eigenvalue weighted by atomic mass is 19.1. The predicted octanol–water partition coefficient (Wildman–Crippen LogP) is 0.925. The van der Waals surface area contributed by atoms with Crippen molar-refractivity contribution in [1.29, 1.82) is 0 Å². The van der Waals surface area contributed by atoms with E-state index < -0.39 is 12.0 Å². The van der Waals surface area contributed by atoms with Gasteiger partial charge in [-0.15, -0.1) is 0 Å². The van der Waals surface area contributed by atoms with Gasteiger partial charge >= 0.3 is 5.97 Å². The maximum Gasteiger partial charge on any atom is 0.321 e. The standard InChI is InChI=1S/C10H10FNO2/c11-8-2-1-6-4-9(10(13)14)12-5-7(6)3-8/h1-3,9,12H,4-5H2,(H,13,14)/t9-/m0/s1. The lowest BCUT2D eigenvalue weighted by Gasteiger charge is -2.22. The van der Waals surface area contributed by atoms with Crippen LogP contribution in [0.3, 0.4) is 0 Å². The van der Waals surface area contributed by atoms with Crippen LogP contribution in [0.1, 0.15) is 11.1 Å². The molecule has 2 rings (SSSR count). The normalized spacial score (nSPS) is 20.2. The Labute approximate surface area is 80.6 Å². The molecule has 0 unspecified atom stereocenters. The van der Waals surface area contributed by atoms with E-state index in [9.17, 15) is 9.18 Å². The van der Waals surface area contributed by atoms with E-state index in [2.05, 4.69) is 5.32 Å². The summed E-state index contributed by atoms with van der Waals surface area (Å²) >= 11 is 0. The molecule has 0 radical (unpaired) electrons. The van der Waals surface area contributed by atoms with Gasteiger partial charge in [0.1, 0.15) is 11.9 Å². The number of hydrogen-bond donors (Lipinski definition) is 2. The monoisotopic (exact) mass is 195 g/mol. The molecule has 0 spiro atoms. The number of benzene rings is 1. The molecule has 1 aliphatic heterocycles. The topological polar surface area (TPSA) is 49.3 Å². The second kappa shape index (κ2) is 3.38. The minimum Gasteiger partial charge on any atom is -0.480 e. The van der Waals surface area contributed by atoms with E-state index >= 15 is 0 Å². The third-order valence-electron chi connectivity index (χ3n) is 2.43. The zero-order chi connectivity index (χ0) is 10.1. The van der Waals surface area contributed by atoms with Crippen LogP contribution in [0.25, 0.3) is 0 Å². The highest BCUT2D eigenvalue weighted by Gasteiger charge is 2.23. The first-order chi connectivity index (χ1) is 6.66. The molecule has 0 amide bonds. The Morgan fingerprint density at radius 2 is 2.29 bits per heavy atom. The van der Waals surface area contributed by atoms with E-state index in [0.29, 0.717) is 13.0 Å². The molecule has 1 heterocycles. The van der Waals surface area contributed by atoms with E-state index in [1.807, 2.05) is 0 Å². The van der Waals surface area contributed by atoms with Gasteiger partial charge in [0.25, 0.3) is 0 Å². The molecule has 2 N–H and O–H groups in total. The van der Waals surface area contributed by atoms with Crippen LogP contribution in [-0.4, -0.2) is 17.1 Å². The van der Waals surface area contributed by atoms with Crippen LogP contribution in [0.5, 0.6) is 0 Å². The summed E-state index contributed by atoms with van der Waals surface area (Å²) in [5, 5.41) is 11.6. The Bertz CT molecular complexity index is 378. The van der Waals surface area contributed by atoms with Crippen LogP contribution in [0.15, 0.2) is 18.2 Å². The number of nitrogens with one attached hydrogen (secondary N) is 1. The fourth-order valence-electron chi connectivity index (χ4n) is 1.66. The number of hydrogen-bond acceptors (Lipinski definition) is 2. The average Bonchev–Trinajstić information content (AvgIpc) is 2.16. The predicted molar refractivity (Wildman–Crippen MR) is 48.4 cm³/mol. The number of carboxylic acid groups (broad SMARTS) is 1. The van der Waals surface area contributed by atoms with Crippen LogP contribution in [0.4, 0.5) is 4.39 Å². The van der Waals surface area contributed by atoms with E-state index in [4.69, 9.17) is 5.11 Å². The molecule has 1 aromatic carbocycles. The summed E-state index contributed by atoms with van der Waals surface area (Å²) in [6.07, 6.45) is 0.422. The molecule has 0 bridgehead atoms. The summed E-state index contributed by atoms with van der Waals surface area (Å²) in [6.45, 7) is 0.421. The molecule has 74 valence electrons. The molecule has 0 saturated heterocycles. The van der Waals surface area contributed by atoms with Gasteiger partial charge in [-0.05, 0) is 29.7 Å². The molecule has 14 heavy (non-hydrogen) atoms. The van der Waals surface area contributed by atoms with Crippen molar-refractivity contribution in [2.45, 2.75) is 19.0 Å². The van der Waals surface area contributed by atoms with Gasteiger partial charge in [0.05, 0.1) is 0 Å². The molecule has 0 aliphatic carbocycles. The first kappa shape index (κ1) is 9.15. The Kier molecular flexibility index (Phi) is 2.21. The third-order valence-corrected chi connectivity index (χ3v) is 2.43. The molecule has 0 fully saturated rings. The highest BCUT2D eigenvalue weighted by Crippen LogP contribution is 2.17. The van der Waals surface area contributed by atoms with Gasteiger partial charge in [-0.25, -0.2) is 4.39 Å². The van der Waals surface area contributed by atoms with E-state index in [-0.39, 0.29) is 5.82 Å². The lowest BCUT2D eigenvalue weighted by atomic mass is 9.96. The van der Waals surface area contributed by atoms with Gasteiger partial charge in [0.2, 0.25) is 0 Å². The number of aliphatic carboxylic acids is 1. The van der Waals surface area contributed by atoms with Gasteiger partial charge in [-0.2, -0.15) is 0 Å². The molecule has 1 atom stereocenters. The van der Waals surface area contributed by atoms with Gasteiger partial charge < -0.3 is 10.4 Å². The minimum absolute atomic E-state index is 0.278. The molecular formula is C10H10FNO2. The van der Waals surface area contributed by atoms with Crippen LogP contribution >= 0.6 is 0 Å². The second-order valence-corrected chi connectivity index (χ2v) is 3.39. The minimum atomic E-state index is -0.861. The van der Waals surface area contributed by atoms with Gasteiger partial charge in [0, 0.05) is 6.54 Å². The van der Waals surface area contributed by atoms with Crippen LogP contribution in [-0.2, 0) is 17.8 Å². The van der Waals surface area contributed by atoms with Crippen molar-refractivity contribution in [1.82, 2.24) is 5.32 Å². The maximum atomic E-state index is 12.8. The first-order valence-electron chi connectivity index (χ1n) is 4.40. The van der Waals surface area contributed by atoms with Crippen molar-refractivity contribution in [2.75, 3.05) is 0 Å². The summed E-state index contributed by atoms with van der Waals surface area (Å²) in [7, 11) is 0. The lowest BCUT2D eigenvalue weighted by molar-refractivity contribution is -0.139. The van der Waals surface area contributed by atoms with Crippen molar-refractivity contribution >= 4 is 5.97 Å². The summed E-state index contributed by atoms with van der Waals surface area (Å²) < 4.78 is 12.8. The molecule has 0 aromatic heterocycles. The molecular weight excluding hydrogens is 185 g/mol. The van der Waals surface area contributed by atoms with Crippen molar-refractivity contribution < 1.29 is 14.3 Å². The summed E-state index contributed by atoms with van der Waals surface area (Å²) in [5.74, 6) is -1.14. The number of carboxylic acids is 1. The van der Waals surface area contributed by atoms with Gasteiger partial charge in [0.15, 0.2) is 0 Å². The fourth-order valence-corrected chi connectivity index (χ4v) is 1.66. The number of carbonyl (C=O) groups is 1. The third kappa shape index (κ3) is 1.61. The molecule has 1 aliphatic rings. The zero-order valence-corrected chi connectivity index (χ0v) is 7.46. The summed E-state index contributed by atoms with van der Waals surface area (Å²) in [6, 6.07) is 3.92.